The van der Waals surface area contributed by atoms with Crippen molar-refractivity contribution in [3.05, 3.63) is 71.8 Å². The average molecular weight is 268 g/mol. The standard InChI is InChI=1S/C18H24N2/c1-15(17-9-5-3-6-10-17)19-13-14-20-16(2)18-11-7-4-8-12-18/h3-12,15-16,19-20H,13-14H2,1-2H3/t15-,16+. The van der Waals surface area contributed by atoms with E-state index in [1.807, 2.05) is 0 Å². The molecule has 2 nitrogen and oxygen atoms in total. The highest BCUT2D eigenvalue weighted by Crippen LogP contribution is 2.11. The van der Waals surface area contributed by atoms with Crippen LogP contribution < -0.4 is 10.6 Å². The predicted molar refractivity (Wildman–Crippen MR) is 85.7 cm³/mol. The van der Waals surface area contributed by atoms with Crippen molar-refractivity contribution in [2.24, 2.45) is 0 Å². The van der Waals surface area contributed by atoms with Gasteiger partial charge < -0.3 is 10.6 Å². The van der Waals surface area contributed by atoms with Crippen molar-refractivity contribution in [3.8, 4) is 0 Å². The quantitative estimate of drug-likeness (QED) is 0.748. The molecule has 0 aliphatic heterocycles. The first-order valence-electron chi connectivity index (χ1n) is 7.34. The largest absolute Gasteiger partial charge is 0.309 e. The summed E-state index contributed by atoms with van der Waals surface area (Å²) in [4.78, 5) is 0. The molecule has 106 valence electrons. The van der Waals surface area contributed by atoms with Gasteiger partial charge in [-0.1, -0.05) is 60.7 Å². The molecule has 0 saturated carbocycles. The summed E-state index contributed by atoms with van der Waals surface area (Å²) in [5.74, 6) is 0. The first-order valence-corrected chi connectivity index (χ1v) is 7.34. The molecule has 2 rings (SSSR count). The number of nitrogens with one attached hydrogen (secondary N) is 2. The zero-order valence-electron chi connectivity index (χ0n) is 12.3. The van der Waals surface area contributed by atoms with Gasteiger partial charge in [-0.3, -0.25) is 0 Å². The van der Waals surface area contributed by atoms with Crippen molar-refractivity contribution < 1.29 is 0 Å². The van der Waals surface area contributed by atoms with Crippen LogP contribution in [0.25, 0.3) is 0 Å². The van der Waals surface area contributed by atoms with E-state index < -0.39 is 0 Å². The molecule has 2 heteroatoms. The van der Waals surface area contributed by atoms with Gasteiger partial charge in [0.1, 0.15) is 0 Å². The molecule has 20 heavy (non-hydrogen) atoms. The van der Waals surface area contributed by atoms with Crippen LogP contribution in [0.15, 0.2) is 60.7 Å². The molecule has 0 saturated heterocycles. The maximum Gasteiger partial charge on any atom is 0.0292 e. The molecule has 2 atom stereocenters. The van der Waals surface area contributed by atoms with Crippen LogP contribution >= 0.6 is 0 Å². The Morgan fingerprint density at radius 3 is 1.35 bits per heavy atom. The van der Waals surface area contributed by atoms with Crippen LogP contribution in [0, 0.1) is 0 Å². The summed E-state index contributed by atoms with van der Waals surface area (Å²) < 4.78 is 0. The summed E-state index contributed by atoms with van der Waals surface area (Å²) in [5, 5.41) is 7.09. The molecule has 0 fully saturated rings. The number of hydrogen-bond donors (Lipinski definition) is 2. The molecular weight excluding hydrogens is 244 g/mol. The van der Waals surface area contributed by atoms with E-state index in [0.29, 0.717) is 12.1 Å². The fourth-order valence-electron chi connectivity index (χ4n) is 2.30. The summed E-state index contributed by atoms with van der Waals surface area (Å²) >= 11 is 0. The lowest BCUT2D eigenvalue weighted by Crippen LogP contribution is -2.30. The van der Waals surface area contributed by atoms with E-state index in [9.17, 15) is 0 Å². The predicted octanol–water partition coefficient (Wildman–Crippen LogP) is 3.69. The van der Waals surface area contributed by atoms with Crippen LogP contribution in [0.5, 0.6) is 0 Å². The zero-order valence-corrected chi connectivity index (χ0v) is 12.3. The molecule has 0 spiro atoms. The van der Waals surface area contributed by atoms with Gasteiger partial charge in [-0.2, -0.15) is 0 Å². The van der Waals surface area contributed by atoms with E-state index in [1.54, 1.807) is 0 Å². The van der Waals surface area contributed by atoms with Gasteiger partial charge in [-0.15, -0.1) is 0 Å². The van der Waals surface area contributed by atoms with Gasteiger partial charge in [-0.05, 0) is 25.0 Å². The van der Waals surface area contributed by atoms with Crippen LogP contribution in [0.1, 0.15) is 37.1 Å². The SMILES string of the molecule is C[C@H](NCCN[C@H](C)c1ccccc1)c1ccccc1. The summed E-state index contributed by atoms with van der Waals surface area (Å²) in [6.07, 6.45) is 0. The first-order chi connectivity index (χ1) is 9.77. The van der Waals surface area contributed by atoms with E-state index in [0.717, 1.165) is 13.1 Å². The van der Waals surface area contributed by atoms with Gasteiger partial charge >= 0.3 is 0 Å². The molecule has 0 bridgehead atoms. The lowest BCUT2D eigenvalue weighted by Gasteiger charge is -2.17. The molecule has 0 aliphatic rings. The van der Waals surface area contributed by atoms with Gasteiger partial charge in [0.25, 0.3) is 0 Å². The second-order valence-corrected chi connectivity index (χ2v) is 5.17. The number of hydrogen-bond acceptors (Lipinski definition) is 2. The second kappa shape index (κ2) is 7.83. The Balaban J connectivity index is 1.69. The summed E-state index contributed by atoms with van der Waals surface area (Å²) in [7, 11) is 0. The van der Waals surface area contributed by atoms with Crippen molar-refractivity contribution >= 4 is 0 Å². The lowest BCUT2D eigenvalue weighted by atomic mass is 10.1. The Hall–Kier alpha value is -1.64. The van der Waals surface area contributed by atoms with Gasteiger partial charge in [0.15, 0.2) is 0 Å². The van der Waals surface area contributed by atoms with Crippen molar-refractivity contribution in [2.45, 2.75) is 25.9 Å². The Morgan fingerprint density at radius 2 is 1.00 bits per heavy atom. The highest BCUT2D eigenvalue weighted by Gasteiger charge is 2.05. The molecule has 0 heterocycles. The molecule has 0 radical (unpaired) electrons. The summed E-state index contributed by atoms with van der Waals surface area (Å²) in [5.41, 5.74) is 2.67. The Kier molecular flexibility index (Phi) is 5.78. The van der Waals surface area contributed by atoms with Crippen LogP contribution in [-0.2, 0) is 0 Å². The molecule has 2 aromatic rings. The van der Waals surface area contributed by atoms with Crippen LogP contribution in [-0.4, -0.2) is 13.1 Å². The number of benzene rings is 2. The minimum Gasteiger partial charge on any atom is -0.309 e. The van der Waals surface area contributed by atoms with Crippen molar-refractivity contribution in [1.29, 1.82) is 0 Å². The van der Waals surface area contributed by atoms with E-state index in [4.69, 9.17) is 0 Å². The van der Waals surface area contributed by atoms with Gasteiger partial charge in [0.2, 0.25) is 0 Å². The minimum atomic E-state index is 0.394. The summed E-state index contributed by atoms with van der Waals surface area (Å²) in [6, 6.07) is 21.9. The molecular formula is C18H24N2. The molecule has 0 amide bonds. The highest BCUT2D eigenvalue weighted by molar-refractivity contribution is 5.19. The highest BCUT2D eigenvalue weighted by atomic mass is 15.0. The van der Waals surface area contributed by atoms with E-state index in [2.05, 4.69) is 85.1 Å². The third-order valence-electron chi connectivity index (χ3n) is 3.63. The summed E-state index contributed by atoms with van der Waals surface area (Å²) in [6.45, 7) is 6.34. The lowest BCUT2D eigenvalue weighted by molar-refractivity contribution is 0.512. The van der Waals surface area contributed by atoms with E-state index in [1.165, 1.54) is 11.1 Å². The van der Waals surface area contributed by atoms with E-state index in [-0.39, 0.29) is 0 Å². The van der Waals surface area contributed by atoms with Crippen LogP contribution in [0.3, 0.4) is 0 Å². The normalized spacial score (nSPS) is 13.9. The third-order valence-corrected chi connectivity index (χ3v) is 3.63. The molecule has 2 N–H and O–H groups in total. The molecule has 0 aromatic heterocycles. The van der Waals surface area contributed by atoms with E-state index >= 15 is 0 Å². The molecule has 0 unspecified atom stereocenters. The van der Waals surface area contributed by atoms with Gasteiger partial charge in [-0.25, -0.2) is 0 Å². The second-order valence-electron chi connectivity index (χ2n) is 5.17. The van der Waals surface area contributed by atoms with Gasteiger partial charge in [0.05, 0.1) is 0 Å². The van der Waals surface area contributed by atoms with Crippen molar-refractivity contribution in [1.82, 2.24) is 10.6 Å². The smallest absolute Gasteiger partial charge is 0.0292 e. The molecule has 2 aromatic carbocycles. The minimum absolute atomic E-state index is 0.394. The third kappa shape index (κ3) is 4.48. The van der Waals surface area contributed by atoms with Crippen LogP contribution in [0.2, 0.25) is 0 Å². The average Bonchev–Trinajstić information content (AvgIpc) is 2.53. The Labute approximate surface area is 122 Å². The van der Waals surface area contributed by atoms with Crippen molar-refractivity contribution in [2.75, 3.05) is 13.1 Å². The Morgan fingerprint density at radius 1 is 0.650 bits per heavy atom. The zero-order chi connectivity index (χ0) is 14.2. The van der Waals surface area contributed by atoms with Gasteiger partial charge in [0, 0.05) is 25.2 Å². The topological polar surface area (TPSA) is 24.1 Å². The maximum absolute atomic E-state index is 3.54. The monoisotopic (exact) mass is 268 g/mol. The molecule has 0 aliphatic carbocycles. The number of rotatable bonds is 7. The maximum atomic E-state index is 3.54. The first kappa shape index (κ1) is 14.8. The fourth-order valence-corrected chi connectivity index (χ4v) is 2.30. The Bertz CT molecular complexity index is 434. The fraction of sp³-hybridized carbons (Fsp3) is 0.333. The van der Waals surface area contributed by atoms with Crippen molar-refractivity contribution in [3.63, 3.8) is 0 Å². The van der Waals surface area contributed by atoms with Crippen LogP contribution in [0.4, 0.5) is 0 Å².